The molecule has 0 aromatic heterocycles. The van der Waals surface area contributed by atoms with E-state index in [4.69, 9.17) is 10.8 Å². The van der Waals surface area contributed by atoms with Crippen LogP contribution in [0.3, 0.4) is 0 Å². The van der Waals surface area contributed by atoms with Crippen LogP contribution >= 0.6 is 11.8 Å². The molecule has 4 heteroatoms. The SMILES string of the molecule is CC(C)CSCCCCCC(N)C(=O)O. The summed E-state index contributed by atoms with van der Waals surface area (Å²) in [5, 5.41) is 8.55. The Bertz CT molecular complexity index is 174. The minimum absolute atomic E-state index is 0.601. The molecule has 0 aromatic carbocycles. The highest BCUT2D eigenvalue weighted by Crippen LogP contribution is 2.11. The molecule has 0 saturated carbocycles. The van der Waals surface area contributed by atoms with Crippen LogP contribution in [0.1, 0.15) is 39.5 Å². The average Bonchev–Trinajstić information content (AvgIpc) is 2.15. The van der Waals surface area contributed by atoms with Crippen LogP contribution in [0.5, 0.6) is 0 Å². The van der Waals surface area contributed by atoms with Crippen LogP contribution in [0.2, 0.25) is 0 Å². The summed E-state index contributed by atoms with van der Waals surface area (Å²) >= 11 is 1.98. The summed E-state index contributed by atoms with van der Waals surface area (Å²) in [6, 6.07) is -0.673. The van der Waals surface area contributed by atoms with Crippen LogP contribution < -0.4 is 5.73 Å². The van der Waals surface area contributed by atoms with Crippen LogP contribution in [0.4, 0.5) is 0 Å². The molecule has 1 atom stereocenters. The van der Waals surface area contributed by atoms with Gasteiger partial charge in [0, 0.05) is 0 Å². The molecular formula is C11H23NO2S. The van der Waals surface area contributed by atoms with Crippen molar-refractivity contribution in [3.05, 3.63) is 0 Å². The van der Waals surface area contributed by atoms with Crippen molar-refractivity contribution >= 4 is 17.7 Å². The van der Waals surface area contributed by atoms with Crippen molar-refractivity contribution in [3.8, 4) is 0 Å². The number of carbonyl (C=O) groups is 1. The van der Waals surface area contributed by atoms with Gasteiger partial charge in [0.2, 0.25) is 0 Å². The zero-order valence-electron chi connectivity index (χ0n) is 9.74. The minimum Gasteiger partial charge on any atom is -0.480 e. The number of carboxylic acids is 1. The van der Waals surface area contributed by atoms with Crippen LogP contribution in [-0.4, -0.2) is 28.6 Å². The molecule has 0 saturated heterocycles. The second-order valence-corrected chi connectivity index (χ2v) is 5.41. The molecule has 0 fully saturated rings. The monoisotopic (exact) mass is 233 g/mol. The van der Waals surface area contributed by atoms with E-state index in [0.717, 1.165) is 18.8 Å². The maximum Gasteiger partial charge on any atom is 0.320 e. The fourth-order valence-corrected chi connectivity index (χ4v) is 2.23. The van der Waals surface area contributed by atoms with Gasteiger partial charge in [-0.15, -0.1) is 0 Å². The van der Waals surface area contributed by atoms with Crippen molar-refractivity contribution in [2.75, 3.05) is 11.5 Å². The minimum atomic E-state index is -0.885. The number of hydrogen-bond donors (Lipinski definition) is 2. The summed E-state index contributed by atoms with van der Waals surface area (Å²) in [6.07, 6.45) is 3.79. The fourth-order valence-electron chi connectivity index (χ4n) is 1.19. The van der Waals surface area contributed by atoms with E-state index < -0.39 is 12.0 Å². The second kappa shape index (κ2) is 9.04. The van der Waals surface area contributed by atoms with Gasteiger partial charge in [-0.1, -0.05) is 26.7 Å². The third-order valence-electron chi connectivity index (χ3n) is 2.07. The van der Waals surface area contributed by atoms with Gasteiger partial charge in [-0.25, -0.2) is 0 Å². The first kappa shape index (κ1) is 14.8. The number of hydrogen-bond acceptors (Lipinski definition) is 3. The molecule has 0 rings (SSSR count). The predicted octanol–water partition coefficient (Wildman–Crippen LogP) is 2.35. The molecule has 0 aromatic rings. The van der Waals surface area contributed by atoms with Crippen LogP contribution in [0, 0.1) is 5.92 Å². The second-order valence-electron chi connectivity index (χ2n) is 4.26. The van der Waals surface area contributed by atoms with Gasteiger partial charge in [0.05, 0.1) is 0 Å². The summed E-state index contributed by atoms with van der Waals surface area (Å²) in [7, 11) is 0. The van der Waals surface area contributed by atoms with Crippen molar-refractivity contribution in [3.63, 3.8) is 0 Å². The maximum atomic E-state index is 10.4. The van der Waals surface area contributed by atoms with E-state index in [1.54, 1.807) is 0 Å². The summed E-state index contributed by atoms with van der Waals surface area (Å²) in [4.78, 5) is 10.4. The van der Waals surface area contributed by atoms with Crippen molar-refractivity contribution in [1.29, 1.82) is 0 Å². The molecule has 1 unspecified atom stereocenters. The molecule has 0 amide bonds. The Labute approximate surface area is 96.8 Å². The van der Waals surface area contributed by atoms with E-state index in [9.17, 15) is 4.79 Å². The Balaban J connectivity index is 3.15. The first-order valence-corrected chi connectivity index (χ1v) is 6.75. The zero-order chi connectivity index (χ0) is 11.7. The van der Waals surface area contributed by atoms with E-state index in [0.29, 0.717) is 6.42 Å². The molecule has 0 bridgehead atoms. The van der Waals surface area contributed by atoms with Gasteiger partial charge in [-0.05, 0) is 30.3 Å². The lowest BCUT2D eigenvalue weighted by Crippen LogP contribution is -2.29. The largest absolute Gasteiger partial charge is 0.480 e. The molecule has 0 spiro atoms. The van der Waals surface area contributed by atoms with Gasteiger partial charge in [-0.3, -0.25) is 4.79 Å². The standard InChI is InChI=1S/C11H23NO2S/c1-9(2)8-15-7-5-3-4-6-10(12)11(13)14/h9-10H,3-8,12H2,1-2H3,(H,13,14). The van der Waals surface area contributed by atoms with Gasteiger partial charge in [-0.2, -0.15) is 11.8 Å². The summed E-state index contributed by atoms with van der Waals surface area (Å²) < 4.78 is 0. The molecular weight excluding hydrogens is 210 g/mol. The third-order valence-corrected chi connectivity index (χ3v) is 3.55. The van der Waals surface area contributed by atoms with Gasteiger partial charge in [0.1, 0.15) is 6.04 Å². The topological polar surface area (TPSA) is 63.3 Å². The number of carboxylic acid groups (broad SMARTS) is 1. The summed E-state index contributed by atoms with van der Waals surface area (Å²) in [5.41, 5.74) is 5.39. The van der Waals surface area contributed by atoms with E-state index in [2.05, 4.69) is 13.8 Å². The smallest absolute Gasteiger partial charge is 0.320 e. The Morgan fingerprint density at radius 2 is 2.00 bits per heavy atom. The van der Waals surface area contributed by atoms with Gasteiger partial charge in [0.15, 0.2) is 0 Å². The van der Waals surface area contributed by atoms with E-state index in [-0.39, 0.29) is 0 Å². The van der Waals surface area contributed by atoms with Crippen molar-refractivity contribution in [2.45, 2.75) is 45.6 Å². The highest BCUT2D eigenvalue weighted by atomic mass is 32.2. The highest BCUT2D eigenvalue weighted by molar-refractivity contribution is 7.99. The molecule has 0 aliphatic carbocycles. The first-order chi connectivity index (χ1) is 7.04. The van der Waals surface area contributed by atoms with E-state index >= 15 is 0 Å². The predicted molar refractivity (Wildman–Crippen MR) is 66.2 cm³/mol. The van der Waals surface area contributed by atoms with Crippen molar-refractivity contribution in [2.24, 2.45) is 11.7 Å². The summed E-state index contributed by atoms with van der Waals surface area (Å²) in [6.45, 7) is 4.44. The lowest BCUT2D eigenvalue weighted by atomic mass is 10.1. The first-order valence-electron chi connectivity index (χ1n) is 5.60. The number of rotatable bonds is 9. The van der Waals surface area contributed by atoms with Crippen LogP contribution in [-0.2, 0) is 4.79 Å². The van der Waals surface area contributed by atoms with Gasteiger partial charge < -0.3 is 10.8 Å². The van der Waals surface area contributed by atoms with Crippen molar-refractivity contribution < 1.29 is 9.90 Å². The Morgan fingerprint density at radius 1 is 1.33 bits per heavy atom. The number of aliphatic carboxylic acids is 1. The quantitative estimate of drug-likeness (QED) is 0.600. The molecule has 0 aliphatic rings. The normalized spacial score (nSPS) is 13.1. The lowest BCUT2D eigenvalue weighted by molar-refractivity contribution is -0.138. The zero-order valence-corrected chi connectivity index (χ0v) is 10.6. The lowest BCUT2D eigenvalue weighted by Gasteiger charge is -2.06. The van der Waals surface area contributed by atoms with E-state index in [1.807, 2.05) is 11.8 Å². The number of unbranched alkanes of at least 4 members (excludes halogenated alkanes) is 2. The van der Waals surface area contributed by atoms with Gasteiger partial charge in [0.25, 0.3) is 0 Å². The fraction of sp³-hybridized carbons (Fsp3) is 0.909. The Morgan fingerprint density at radius 3 is 2.53 bits per heavy atom. The molecule has 0 radical (unpaired) electrons. The van der Waals surface area contributed by atoms with Crippen LogP contribution in [0.15, 0.2) is 0 Å². The number of nitrogens with two attached hydrogens (primary N) is 1. The summed E-state index contributed by atoms with van der Waals surface area (Å²) in [5.74, 6) is 2.27. The number of thioether (sulfide) groups is 1. The molecule has 0 heterocycles. The van der Waals surface area contributed by atoms with Crippen molar-refractivity contribution in [1.82, 2.24) is 0 Å². The Hall–Kier alpha value is -0.220. The van der Waals surface area contributed by atoms with E-state index in [1.165, 1.54) is 17.9 Å². The maximum absolute atomic E-state index is 10.4. The molecule has 0 aliphatic heterocycles. The highest BCUT2D eigenvalue weighted by Gasteiger charge is 2.09. The third kappa shape index (κ3) is 10.1. The molecule has 15 heavy (non-hydrogen) atoms. The van der Waals surface area contributed by atoms with Gasteiger partial charge >= 0.3 is 5.97 Å². The Kier molecular flexibility index (Phi) is 8.91. The average molecular weight is 233 g/mol. The molecule has 3 N–H and O–H groups in total. The molecule has 90 valence electrons. The van der Waals surface area contributed by atoms with Crippen LogP contribution in [0.25, 0.3) is 0 Å². The molecule has 3 nitrogen and oxygen atoms in total.